The Labute approximate surface area is 162 Å². The smallest absolute Gasteiger partial charge is 0.343 e. The molecule has 0 spiro atoms. The van der Waals surface area contributed by atoms with Gasteiger partial charge < -0.3 is 19.5 Å². The molecule has 2 aromatic rings. The van der Waals surface area contributed by atoms with Crippen molar-refractivity contribution in [1.29, 1.82) is 0 Å². The van der Waals surface area contributed by atoms with E-state index < -0.39 is 18.5 Å². The number of methoxy groups -OCH3 is 2. The van der Waals surface area contributed by atoms with Crippen LogP contribution in [-0.2, 0) is 23.0 Å². The summed E-state index contributed by atoms with van der Waals surface area (Å²) in [4.78, 5) is 23.9. The molecule has 1 amide bonds. The van der Waals surface area contributed by atoms with Crippen LogP contribution in [-0.4, -0.2) is 49.0 Å². The van der Waals surface area contributed by atoms with E-state index in [0.29, 0.717) is 30.2 Å². The number of hydrogen-bond acceptors (Lipinski definition) is 6. The van der Waals surface area contributed by atoms with Gasteiger partial charge in [0.2, 0.25) is 0 Å². The number of carbonyl (C=O) groups is 2. The van der Waals surface area contributed by atoms with Crippen molar-refractivity contribution in [3.05, 3.63) is 40.2 Å². The van der Waals surface area contributed by atoms with Crippen LogP contribution in [0.2, 0.25) is 5.15 Å². The molecule has 0 bridgehead atoms. The highest BCUT2D eigenvalue weighted by Gasteiger charge is 2.21. The molecule has 0 atom stereocenters. The van der Waals surface area contributed by atoms with Gasteiger partial charge in [-0.15, -0.1) is 0 Å². The molecule has 27 heavy (non-hydrogen) atoms. The molecule has 0 saturated carbocycles. The van der Waals surface area contributed by atoms with Crippen LogP contribution in [0, 0.1) is 6.92 Å². The first-order chi connectivity index (χ1) is 12.9. The van der Waals surface area contributed by atoms with Crippen molar-refractivity contribution < 1.29 is 23.8 Å². The van der Waals surface area contributed by atoms with Crippen molar-refractivity contribution >= 4 is 23.5 Å². The molecule has 0 saturated heterocycles. The van der Waals surface area contributed by atoms with Gasteiger partial charge in [-0.05, 0) is 31.0 Å². The van der Waals surface area contributed by atoms with Crippen molar-refractivity contribution in [3.63, 3.8) is 0 Å². The predicted octanol–water partition coefficient (Wildman–Crippen LogP) is 1.91. The van der Waals surface area contributed by atoms with Gasteiger partial charge in [-0.25, -0.2) is 4.79 Å². The maximum absolute atomic E-state index is 12.1. The minimum absolute atomic E-state index is 0.164. The molecular formula is C18H22ClN3O5. The Balaban J connectivity index is 1.80. The highest BCUT2D eigenvalue weighted by Crippen LogP contribution is 2.27. The van der Waals surface area contributed by atoms with Crippen LogP contribution in [0.1, 0.15) is 21.6 Å². The van der Waals surface area contributed by atoms with Gasteiger partial charge in [0.05, 0.1) is 19.9 Å². The van der Waals surface area contributed by atoms with E-state index in [1.165, 1.54) is 4.68 Å². The van der Waals surface area contributed by atoms with Crippen molar-refractivity contribution in [2.45, 2.75) is 13.3 Å². The highest BCUT2D eigenvalue weighted by atomic mass is 35.5. The molecule has 8 nitrogen and oxygen atoms in total. The van der Waals surface area contributed by atoms with Crippen molar-refractivity contribution in [2.24, 2.45) is 7.05 Å². The molecule has 0 aliphatic heterocycles. The SMILES string of the molecule is COc1ccc(CCNC(=O)COC(=O)c2c(C)nn(C)c2Cl)cc1OC. The first-order valence-corrected chi connectivity index (χ1v) is 8.59. The van der Waals surface area contributed by atoms with E-state index in [1.807, 2.05) is 12.1 Å². The minimum Gasteiger partial charge on any atom is -0.493 e. The molecule has 0 fully saturated rings. The minimum atomic E-state index is -0.680. The van der Waals surface area contributed by atoms with Crippen LogP contribution < -0.4 is 14.8 Å². The van der Waals surface area contributed by atoms with Crippen LogP contribution in [0.5, 0.6) is 11.5 Å². The third-order valence-corrected chi connectivity index (χ3v) is 4.31. The monoisotopic (exact) mass is 395 g/mol. The summed E-state index contributed by atoms with van der Waals surface area (Å²) in [5.74, 6) is 0.183. The maximum atomic E-state index is 12.1. The van der Waals surface area contributed by atoms with E-state index in [4.69, 9.17) is 25.8 Å². The molecule has 9 heteroatoms. The maximum Gasteiger partial charge on any atom is 0.343 e. The number of halogens is 1. The van der Waals surface area contributed by atoms with E-state index >= 15 is 0 Å². The summed E-state index contributed by atoms with van der Waals surface area (Å²) in [5.41, 5.74) is 1.58. The van der Waals surface area contributed by atoms with Crippen LogP contribution in [0.3, 0.4) is 0 Å². The number of benzene rings is 1. The average molecular weight is 396 g/mol. The normalized spacial score (nSPS) is 10.4. The lowest BCUT2D eigenvalue weighted by molar-refractivity contribution is -0.124. The highest BCUT2D eigenvalue weighted by molar-refractivity contribution is 6.32. The molecular weight excluding hydrogens is 374 g/mol. The lowest BCUT2D eigenvalue weighted by Crippen LogP contribution is -2.30. The number of ether oxygens (including phenoxy) is 3. The summed E-state index contributed by atoms with van der Waals surface area (Å²) in [6.07, 6.45) is 0.591. The van der Waals surface area contributed by atoms with Crippen LogP contribution in [0.4, 0.5) is 0 Å². The van der Waals surface area contributed by atoms with E-state index in [1.54, 1.807) is 34.3 Å². The zero-order valence-electron chi connectivity index (χ0n) is 15.7. The number of esters is 1. The Bertz CT molecular complexity index is 835. The Hall–Kier alpha value is -2.74. The number of hydrogen-bond donors (Lipinski definition) is 1. The molecule has 1 N–H and O–H groups in total. The van der Waals surface area contributed by atoms with Gasteiger partial charge >= 0.3 is 5.97 Å². The summed E-state index contributed by atoms with van der Waals surface area (Å²) in [6, 6.07) is 5.54. The zero-order valence-corrected chi connectivity index (χ0v) is 16.4. The number of amides is 1. The summed E-state index contributed by atoms with van der Waals surface area (Å²) in [6.45, 7) is 1.64. The number of rotatable bonds is 8. The quantitative estimate of drug-likeness (QED) is 0.686. The summed E-state index contributed by atoms with van der Waals surface area (Å²) in [5, 5.41) is 6.90. The first kappa shape index (κ1) is 20.6. The molecule has 0 unspecified atom stereocenters. The molecule has 2 rings (SSSR count). The molecule has 1 aromatic heterocycles. The van der Waals surface area contributed by atoms with E-state index in [-0.39, 0.29) is 10.7 Å². The van der Waals surface area contributed by atoms with E-state index in [2.05, 4.69) is 10.4 Å². The van der Waals surface area contributed by atoms with Gasteiger partial charge in [0, 0.05) is 13.6 Å². The van der Waals surface area contributed by atoms with Gasteiger partial charge in [-0.1, -0.05) is 17.7 Å². The van der Waals surface area contributed by atoms with E-state index in [9.17, 15) is 9.59 Å². The molecule has 0 aliphatic carbocycles. The van der Waals surface area contributed by atoms with Gasteiger partial charge in [0.1, 0.15) is 10.7 Å². The number of carbonyl (C=O) groups excluding carboxylic acids is 2. The first-order valence-electron chi connectivity index (χ1n) is 8.21. The Morgan fingerprint density at radius 2 is 1.93 bits per heavy atom. The molecule has 0 radical (unpaired) electrons. The zero-order chi connectivity index (χ0) is 20.0. The van der Waals surface area contributed by atoms with Crippen molar-refractivity contribution in [2.75, 3.05) is 27.4 Å². The summed E-state index contributed by atoms with van der Waals surface area (Å²) < 4.78 is 16.8. The van der Waals surface area contributed by atoms with Gasteiger partial charge in [-0.2, -0.15) is 5.10 Å². The van der Waals surface area contributed by atoms with Crippen LogP contribution in [0.25, 0.3) is 0 Å². The fraction of sp³-hybridized carbons (Fsp3) is 0.389. The Morgan fingerprint density at radius 3 is 2.52 bits per heavy atom. The van der Waals surface area contributed by atoms with E-state index in [0.717, 1.165) is 5.56 Å². The largest absolute Gasteiger partial charge is 0.493 e. The molecule has 1 heterocycles. The topological polar surface area (TPSA) is 91.7 Å². The Kier molecular flexibility index (Phi) is 7.06. The van der Waals surface area contributed by atoms with Crippen molar-refractivity contribution in [1.82, 2.24) is 15.1 Å². The number of aryl methyl sites for hydroxylation is 2. The second-order valence-electron chi connectivity index (χ2n) is 5.74. The second-order valence-corrected chi connectivity index (χ2v) is 6.10. The lowest BCUT2D eigenvalue weighted by atomic mass is 10.1. The Morgan fingerprint density at radius 1 is 1.22 bits per heavy atom. The number of aromatic nitrogens is 2. The lowest BCUT2D eigenvalue weighted by Gasteiger charge is -2.10. The number of nitrogens with zero attached hydrogens (tertiary/aromatic N) is 2. The standard InChI is InChI=1S/C18H22ClN3O5/c1-11-16(17(19)22(2)21-11)18(24)27-10-15(23)20-8-7-12-5-6-13(25-3)14(9-12)26-4/h5-6,9H,7-8,10H2,1-4H3,(H,20,23). The van der Waals surface area contributed by atoms with Gasteiger partial charge in [0.15, 0.2) is 18.1 Å². The molecule has 0 aliphatic rings. The van der Waals surface area contributed by atoms with Crippen molar-refractivity contribution in [3.8, 4) is 11.5 Å². The summed E-state index contributed by atoms with van der Waals surface area (Å²) in [7, 11) is 4.75. The van der Waals surface area contributed by atoms with Gasteiger partial charge in [-0.3, -0.25) is 9.48 Å². The summed E-state index contributed by atoms with van der Waals surface area (Å²) >= 11 is 6.00. The fourth-order valence-electron chi connectivity index (χ4n) is 2.50. The van der Waals surface area contributed by atoms with Crippen LogP contribution >= 0.6 is 11.6 Å². The third kappa shape index (κ3) is 5.13. The molecule has 1 aromatic carbocycles. The third-order valence-electron chi connectivity index (χ3n) is 3.87. The number of nitrogens with one attached hydrogen (secondary N) is 1. The van der Waals surface area contributed by atoms with Gasteiger partial charge in [0.25, 0.3) is 5.91 Å². The molecule has 146 valence electrons. The average Bonchev–Trinajstić information content (AvgIpc) is 2.91. The predicted molar refractivity (Wildman–Crippen MR) is 99.5 cm³/mol. The fourth-order valence-corrected chi connectivity index (χ4v) is 2.75. The second kappa shape index (κ2) is 9.27. The van der Waals surface area contributed by atoms with Crippen LogP contribution in [0.15, 0.2) is 18.2 Å².